The molecule has 2 aromatic heterocycles. The fourth-order valence-corrected chi connectivity index (χ4v) is 4.88. The standard InChI is InChI=1S/C18H16ClFN4O3S/c19-15-11-13(4-5-16(15)20)28(26,27)23-9-7-22(8-10-23)18(25)14-12-21-24-6-2-1-3-17(14)24/h1-6,11-12H,7-10H2. The Morgan fingerprint density at radius 2 is 1.86 bits per heavy atom. The molecule has 28 heavy (non-hydrogen) atoms. The van der Waals surface area contributed by atoms with E-state index in [0.29, 0.717) is 11.1 Å². The number of aromatic nitrogens is 2. The van der Waals surface area contributed by atoms with Crippen molar-refractivity contribution in [3.8, 4) is 0 Å². The van der Waals surface area contributed by atoms with Crippen molar-refractivity contribution in [3.63, 3.8) is 0 Å². The molecule has 10 heteroatoms. The van der Waals surface area contributed by atoms with Crippen molar-refractivity contribution in [2.45, 2.75) is 4.90 Å². The SMILES string of the molecule is O=C(c1cnn2ccccc12)N1CCN(S(=O)(=O)c2ccc(F)c(Cl)c2)CC1. The lowest BCUT2D eigenvalue weighted by Gasteiger charge is -2.33. The zero-order valence-electron chi connectivity index (χ0n) is 14.6. The first-order chi connectivity index (χ1) is 13.4. The van der Waals surface area contributed by atoms with Crippen molar-refractivity contribution in [2.75, 3.05) is 26.2 Å². The molecule has 146 valence electrons. The first kappa shape index (κ1) is 18.9. The Balaban J connectivity index is 1.49. The van der Waals surface area contributed by atoms with Crippen molar-refractivity contribution in [1.82, 2.24) is 18.8 Å². The Morgan fingerprint density at radius 1 is 1.11 bits per heavy atom. The summed E-state index contributed by atoms with van der Waals surface area (Å²) in [5, 5.41) is 3.92. The molecule has 3 aromatic rings. The van der Waals surface area contributed by atoms with Crippen LogP contribution in [0.3, 0.4) is 0 Å². The van der Waals surface area contributed by atoms with E-state index < -0.39 is 15.8 Å². The minimum atomic E-state index is -3.81. The number of pyridine rings is 1. The summed E-state index contributed by atoms with van der Waals surface area (Å²) in [7, 11) is -3.81. The number of fused-ring (bicyclic) bond motifs is 1. The molecule has 0 unspecified atom stereocenters. The number of piperazine rings is 1. The van der Waals surface area contributed by atoms with E-state index in [1.165, 1.54) is 16.6 Å². The first-order valence-electron chi connectivity index (χ1n) is 8.55. The number of hydrogen-bond acceptors (Lipinski definition) is 4. The van der Waals surface area contributed by atoms with E-state index in [1.54, 1.807) is 21.7 Å². The molecule has 0 radical (unpaired) electrons. The van der Waals surface area contributed by atoms with Crippen LogP contribution in [0.5, 0.6) is 0 Å². The van der Waals surface area contributed by atoms with Crippen LogP contribution in [0.2, 0.25) is 5.02 Å². The number of carbonyl (C=O) groups excluding carboxylic acids is 1. The number of amides is 1. The third kappa shape index (κ3) is 3.25. The van der Waals surface area contributed by atoms with E-state index in [9.17, 15) is 17.6 Å². The number of rotatable bonds is 3. The van der Waals surface area contributed by atoms with E-state index >= 15 is 0 Å². The third-order valence-corrected chi connectivity index (χ3v) is 6.90. The number of hydrogen-bond donors (Lipinski definition) is 0. The maximum Gasteiger partial charge on any atom is 0.257 e. The van der Waals surface area contributed by atoms with Gasteiger partial charge in [-0.3, -0.25) is 4.79 Å². The average molecular weight is 423 g/mol. The van der Waals surface area contributed by atoms with Gasteiger partial charge in [-0.25, -0.2) is 17.3 Å². The van der Waals surface area contributed by atoms with Crippen molar-refractivity contribution in [2.24, 2.45) is 0 Å². The van der Waals surface area contributed by atoms with Gasteiger partial charge in [-0.1, -0.05) is 17.7 Å². The predicted molar refractivity (Wildman–Crippen MR) is 101 cm³/mol. The number of sulfonamides is 1. The van der Waals surface area contributed by atoms with Crippen LogP contribution in [0.4, 0.5) is 4.39 Å². The minimum absolute atomic E-state index is 0.0682. The second kappa shape index (κ2) is 7.16. The van der Waals surface area contributed by atoms with Gasteiger partial charge in [0.15, 0.2) is 0 Å². The highest BCUT2D eigenvalue weighted by atomic mass is 35.5. The molecular weight excluding hydrogens is 407 g/mol. The molecule has 1 aliphatic heterocycles. The van der Waals surface area contributed by atoms with Crippen LogP contribution in [0.25, 0.3) is 5.52 Å². The number of benzene rings is 1. The van der Waals surface area contributed by atoms with Crippen molar-refractivity contribution in [1.29, 1.82) is 0 Å². The topological polar surface area (TPSA) is 75.0 Å². The van der Waals surface area contributed by atoms with Gasteiger partial charge in [-0.2, -0.15) is 9.40 Å². The van der Waals surface area contributed by atoms with Gasteiger partial charge < -0.3 is 4.90 Å². The van der Waals surface area contributed by atoms with Gasteiger partial charge in [0.2, 0.25) is 10.0 Å². The molecule has 1 fully saturated rings. The van der Waals surface area contributed by atoms with Crippen molar-refractivity contribution < 1.29 is 17.6 Å². The predicted octanol–water partition coefficient (Wildman–Crippen LogP) is 2.27. The Morgan fingerprint density at radius 3 is 2.57 bits per heavy atom. The van der Waals surface area contributed by atoms with Gasteiger partial charge in [-0.15, -0.1) is 0 Å². The van der Waals surface area contributed by atoms with Gasteiger partial charge in [0.1, 0.15) is 5.82 Å². The van der Waals surface area contributed by atoms with Gasteiger partial charge in [0, 0.05) is 32.4 Å². The smallest absolute Gasteiger partial charge is 0.257 e. The summed E-state index contributed by atoms with van der Waals surface area (Å²) in [4.78, 5) is 14.4. The summed E-state index contributed by atoms with van der Waals surface area (Å²) in [6.45, 7) is 0.777. The molecule has 0 bridgehead atoms. The molecular formula is C18H16ClFN4O3S. The second-order valence-corrected chi connectivity index (χ2v) is 8.71. The third-order valence-electron chi connectivity index (χ3n) is 4.71. The minimum Gasteiger partial charge on any atom is -0.336 e. The maximum absolute atomic E-state index is 13.3. The van der Waals surface area contributed by atoms with E-state index in [2.05, 4.69) is 5.10 Å². The van der Waals surface area contributed by atoms with Gasteiger partial charge >= 0.3 is 0 Å². The summed E-state index contributed by atoms with van der Waals surface area (Å²) < 4.78 is 41.7. The zero-order valence-corrected chi connectivity index (χ0v) is 16.2. The summed E-state index contributed by atoms with van der Waals surface area (Å²) in [6.07, 6.45) is 3.27. The molecule has 0 aliphatic carbocycles. The van der Waals surface area contributed by atoms with Crippen LogP contribution in [0, 0.1) is 5.82 Å². The fourth-order valence-electron chi connectivity index (χ4n) is 3.19. The number of nitrogens with zero attached hydrogens (tertiary/aromatic N) is 4. The highest BCUT2D eigenvalue weighted by Crippen LogP contribution is 2.24. The lowest BCUT2D eigenvalue weighted by atomic mass is 10.2. The van der Waals surface area contributed by atoms with Gasteiger partial charge in [0.05, 0.1) is 27.2 Å². The molecule has 4 rings (SSSR count). The van der Waals surface area contributed by atoms with E-state index in [4.69, 9.17) is 11.6 Å². The van der Waals surface area contributed by atoms with Crippen LogP contribution >= 0.6 is 11.6 Å². The fraction of sp³-hybridized carbons (Fsp3) is 0.222. The Labute approximate surface area is 166 Å². The van der Waals surface area contributed by atoms with Gasteiger partial charge in [-0.05, 0) is 30.3 Å². The lowest BCUT2D eigenvalue weighted by Crippen LogP contribution is -2.50. The summed E-state index contributed by atoms with van der Waals surface area (Å²) in [6, 6.07) is 8.76. The molecule has 3 heterocycles. The Bertz CT molecular complexity index is 1160. The lowest BCUT2D eigenvalue weighted by molar-refractivity contribution is 0.0700. The maximum atomic E-state index is 13.3. The van der Waals surface area contributed by atoms with E-state index in [-0.39, 0.29) is 42.0 Å². The van der Waals surface area contributed by atoms with Crippen molar-refractivity contribution in [3.05, 3.63) is 65.2 Å². The number of carbonyl (C=O) groups is 1. The van der Waals surface area contributed by atoms with E-state index in [1.807, 2.05) is 12.1 Å². The van der Waals surface area contributed by atoms with Crippen LogP contribution in [-0.4, -0.2) is 59.3 Å². The Kier molecular flexibility index (Phi) is 4.82. The first-order valence-corrected chi connectivity index (χ1v) is 10.4. The highest BCUT2D eigenvalue weighted by Gasteiger charge is 2.31. The molecule has 0 N–H and O–H groups in total. The normalized spacial score (nSPS) is 15.9. The summed E-state index contributed by atoms with van der Waals surface area (Å²) >= 11 is 5.71. The molecule has 0 spiro atoms. The van der Waals surface area contributed by atoms with E-state index in [0.717, 1.165) is 12.1 Å². The average Bonchev–Trinajstić information content (AvgIpc) is 3.13. The highest BCUT2D eigenvalue weighted by molar-refractivity contribution is 7.89. The molecule has 0 atom stereocenters. The largest absolute Gasteiger partial charge is 0.336 e. The quantitative estimate of drug-likeness (QED) is 0.649. The summed E-state index contributed by atoms with van der Waals surface area (Å²) in [5.41, 5.74) is 1.17. The van der Waals surface area contributed by atoms with Crippen LogP contribution in [0.15, 0.2) is 53.7 Å². The monoisotopic (exact) mass is 422 g/mol. The van der Waals surface area contributed by atoms with Gasteiger partial charge in [0.25, 0.3) is 5.91 Å². The molecule has 7 nitrogen and oxygen atoms in total. The zero-order chi connectivity index (χ0) is 19.9. The van der Waals surface area contributed by atoms with Crippen LogP contribution in [0.1, 0.15) is 10.4 Å². The molecule has 1 amide bonds. The van der Waals surface area contributed by atoms with Crippen molar-refractivity contribution >= 4 is 33.0 Å². The molecule has 1 saturated heterocycles. The molecule has 1 aromatic carbocycles. The molecule has 1 aliphatic rings. The summed E-state index contributed by atoms with van der Waals surface area (Å²) in [5.74, 6) is -0.868. The number of halogens is 2. The second-order valence-electron chi connectivity index (χ2n) is 6.36. The Hall–Kier alpha value is -2.49. The molecule has 0 saturated carbocycles. The van der Waals surface area contributed by atoms with Crippen LogP contribution in [-0.2, 0) is 10.0 Å². The van der Waals surface area contributed by atoms with Crippen LogP contribution < -0.4 is 0 Å².